The van der Waals surface area contributed by atoms with Crippen LogP contribution in [0.25, 0.3) is 16.5 Å². The predicted octanol–water partition coefficient (Wildman–Crippen LogP) is 2.49. The summed E-state index contributed by atoms with van der Waals surface area (Å²) in [5.74, 6) is 0. The lowest BCUT2D eigenvalue weighted by Gasteiger charge is -2.13. The summed E-state index contributed by atoms with van der Waals surface area (Å²) in [5.41, 5.74) is 3.88. The molecule has 2 aromatic rings. The maximum Gasteiger partial charge on any atom is 0.0646 e. The lowest BCUT2D eigenvalue weighted by atomic mass is 10.0. The third-order valence-electron chi connectivity index (χ3n) is 2.89. The third kappa shape index (κ3) is 2.53. The van der Waals surface area contributed by atoms with Crippen LogP contribution in [0.1, 0.15) is 12.0 Å². The Kier molecular flexibility index (Phi) is 4.23. The molecule has 4 heteroatoms. The van der Waals surface area contributed by atoms with E-state index in [9.17, 15) is 0 Å². The van der Waals surface area contributed by atoms with Crippen molar-refractivity contribution in [1.29, 1.82) is 0 Å². The standard InChI is InChI=1S/C12H13N3.CH4S/c1-4-13-5-2-9(1)11-7-15-12-8-14-6-3-10(11)12;1-2/h1,3,6-8,13,15H,2,4-5H2;2H,1H3. The number of hydrogen-bond acceptors (Lipinski definition) is 3. The number of nitrogens with one attached hydrogen (secondary N) is 2. The third-order valence-corrected chi connectivity index (χ3v) is 2.89. The average molecular weight is 247 g/mol. The van der Waals surface area contributed by atoms with Gasteiger partial charge in [-0.1, -0.05) is 6.08 Å². The Morgan fingerprint density at radius 1 is 1.35 bits per heavy atom. The molecule has 17 heavy (non-hydrogen) atoms. The van der Waals surface area contributed by atoms with Crippen molar-refractivity contribution < 1.29 is 0 Å². The molecule has 1 aliphatic heterocycles. The predicted molar refractivity (Wildman–Crippen MR) is 76.5 cm³/mol. The van der Waals surface area contributed by atoms with Gasteiger partial charge in [0.2, 0.25) is 0 Å². The zero-order valence-corrected chi connectivity index (χ0v) is 10.8. The summed E-state index contributed by atoms with van der Waals surface area (Å²) in [6.07, 6.45) is 10.9. The molecule has 0 spiro atoms. The Labute approximate surface area is 107 Å². The quantitative estimate of drug-likeness (QED) is 0.678. The lowest BCUT2D eigenvalue weighted by molar-refractivity contribution is 0.739. The van der Waals surface area contributed by atoms with Gasteiger partial charge >= 0.3 is 0 Å². The summed E-state index contributed by atoms with van der Waals surface area (Å²) in [6, 6.07) is 2.07. The molecule has 0 saturated carbocycles. The molecule has 0 saturated heterocycles. The summed E-state index contributed by atoms with van der Waals surface area (Å²) in [5, 5.41) is 4.60. The molecule has 3 rings (SSSR count). The Hall–Kier alpha value is -1.26. The maximum absolute atomic E-state index is 4.11. The van der Waals surface area contributed by atoms with E-state index in [4.69, 9.17) is 0 Å². The molecular weight excluding hydrogens is 230 g/mol. The second kappa shape index (κ2) is 5.89. The number of H-pyrrole nitrogens is 1. The number of pyridine rings is 1. The van der Waals surface area contributed by atoms with Crippen molar-refractivity contribution in [2.24, 2.45) is 0 Å². The van der Waals surface area contributed by atoms with Gasteiger partial charge in [0.25, 0.3) is 0 Å². The molecule has 0 fully saturated rings. The number of nitrogens with zero attached hydrogens (tertiary/aromatic N) is 1. The first-order valence-corrected chi connectivity index (χ1v) is 6.60. The summed E-state index contributed by atoms with van der Waals surface area (Å²) in [7, 11) is 0. The zero-order valence-electron chi connectivity index (χ0n) is 9.90. The molecule has 0 aliphatic carbocycles. The largest absolute Gasteiger partial charge is 0.359 e. The van der Waals surface area contributed by atoms with E-state index in [2.05, 4.69) is 46.3 Å². The highest BCUT2D eigenvalue weighted by atomic mass is 32.1. The Morgan fingerprint density at radius 3 is 3.00 bits per heavy atom. The van der Waals surface area contributed by atoms with Gasteiger partial charge in [-0.2, -0.15) is 12.6 Å². The van der Waals surface area contributed by atoms with Crippen LogP contribution in [-0.2, 0) is 0 Å². The number of hydrogen-bond donors (Lipinski definition) is 3. The van der Waals surface area contributed by atoms with E-state index in [1.807, 2.05) is 12.4 Å². The van der Waals surface area contributed by atoms with Crippen LogP contribution < -0.4 is 5.32 Å². The van der Waals surface area contributed by atoms with E-state index in [0.717, 1.165) is 25.0 Å². The van der Waals surface area contributed by atoms with Gasteiger partial charge in [0.15, 0.2) is 0 Å². The van der Waals surface area contributed by atoms with E-state index in [1.54, 1.807) is 6.26 Å². The highest BCUT2D eigenvalue weighted by Gasteiger charge is 2.10. The van der Waals surface area contributed by atoms with Crippen LogP contribution in [0.3, 0.4) is 0 Å². The van der Waals surface area contributed by atoms with Crippen LogP contribution in [0.2, 0.25) is 0 Å². The summed E-state index contributed by atoms with van der Waals surface area (Å²) in [6.45, 7) is 2.05. The highest BCUT2D eigenvalue weighted by Crippen LogP contribution is 2.26. The molecule has 90 valence electrons. The van der Waals surface area contributed by atoms with Crippen LogP contribution >= 0.6 is 12.6 Å². The minimum absolute atomic E-state index is 0.979. The van der Waals surface area contributed by atoms with E-state index in [-0.39, 0.29) is 0 Å². The first kappa shape index (κ1) is 12.2. The molecule has 3 heterocycles. The molecule has 0 bridgehead atoms. The van der Waals surface area contributed by atoms with Gasteiger partial charge in [0.05, 0.1) is 11.7 Å². The molecule has 2 aromatic heterocycles. The average Bonchev–Trinajstić information content (AvgIpc) is 2.86. The molecule has 0 radical (unpaired) electrons. The normalized spacial score (nSPS) is 15.1. The van der Waals surface area contributed by atoms with Crippen molar-refractivity contribution in [2.45, 2.75) is 6.42 Å². The minimum Gasteiger partial charge on any atom is -0.359 e. The van der Waals surface area contributed by atoms with Gasteiger partial charge in [-0.3, -0.25) is 4.98 Å². The highest BCUT2D eigenvalue weighted by molar-refractivity contribution is 7.79. The van der Waals surface area contributed by atoms with Gasteiger partial charge in [-0.25, -0.2) is 0 Å². The zero-order chi connectivity index (χ0) is 12.1. The van der Waals surface area contributed by atoms with E-state index in [1.165, 1.54) is 16.5 Å². The van der Waals surface area contributed by atoms with Crippen molar-refractivity contribution in [3.63, 3.8) is 0 Å². The fraction of sp³-hybridized carbons (Fsp3) is 0.308. The molecular formula is C13H17N3S. The SMILES string of the molecule is C1=C(c2c[nH]c3cnccc23)CCNC1.CS. The first-order valence-electron chi connectivity index (χ1n) is 5.71. The number of aromatic nitrogens is 2. The number of rotatable bonds is 1. The van der Waals surface area contributed by atoms with Gasteiger partial charge in [-0.15, -0.1) is 0 Å². The minimum atomic E-state index is 0.979. The number of fused-ring (bicyclic) bond motifs is 1. The van der Waals surface area contributed by atoms with Gasteiger partial charge in [0.1, 0.15) is 0 Å². The maximum atomic E-state index is 4.11. The van der Waals surface area contributed by atoms with Crippen molar-refractivity contribution in [3.05, 3.63) is 36.3 Å². The monoisotopic (exact) mass is 247 g/mol. The summed E-state index contributed by atoms with van der Waals surface area (Å²) >= 11 is 3.53. The molecule has 1 aliphatic rings. The van der Waals surface area contributed by atoms with Crippen molar-refractivity contribution in [2.75, 3.05) is 19.3 Å². The van der Waals surface area contributed by atoms with Gasteiger partial charge < -0.3 is 10.3 Å². The van der Waals surface area contributed by atoms with E-state index >= 15 is 0 Å². The topological polar surface area (TPSA) is 40.7 Å². The van der Waals surface area contributed by atoms with Crippen LogP contribution in [0.15, 0.2) is 30.7 Å². The van der Waals surface area contributed by atoms with Crippen molar-refractivity contribution >= 4 is 29.1 Å². The molecule has 0 amide bonds. The Balaban J connectivity index is 0.000000514. The lowest BCUT2D eigenvalue weighted by Crippen LogP contribution is -2.19. The smallest absolute Gasteiger partial charge is 0.0646 e. The number of thiol groups is 1. The molecule has 0 unspecified atom stereocenters. The Bertz CT molecular complexity index is 516. The van der Waals surface area contributed by atoms with Crippen LogP contribution in [0.4, 0.5) is 0 Å². The van der Waals surface area contributed by atoms with E-state index in [0.29, 0.717) is 0 Å². The van der Waals surface area contributed by atoms with Crippen LogP contribution in [0.5, 0.6) is 0 Å². The van der Waals surface area contributed by atoms with Crippen molar-refractivity contribution in [3.8, 4) is 0 Å². The van der Waals surface area contributed by atoms with Crippen LogP contribution in [0, 0.1) is 0 Å². The molecule has 0 aromatic carbocycles. The fourth-order valence-electron chi connectivity index (χ4n) is 2.10. The molecule has 3 nitrogen and oxygen atoms in total. The van der Waals surface area contributed by atoms with Crippen LogP contribution in [-0.4, -0.2) is 29.3 Å². The molecule has 2 N–H and O–H groups in total. The Morgan fingerprint density at radius 2 is 2.24 bits per heavy atom. The summed E-state index contributed by atoms with van der Waals surface area (Å²) < 4.78 is 0. The number of aromatic amines is 1. The first-order chi connectivity index (χ1) is 8.45. The fourth-order valence-corrected chi connectivity index (χ4v) is 2.10. The second-order valence-corrected chi connectivity index (χ2v) is 3.81. The second-order valence-electron chi connectivity index (χ2n) is 3.81. The van der Waals surface area contributed by atoms with Gasteiger partial charge in [-0.05, 0) is 30.9 Å². The van der Waals surface area contributed by atoms with E-state index < -0.39 is 0 Å². The summed E-state index contributed by atoms with van der Waals surface area (Å²) in [4.78, 5) is 7.37. The molecule has 0 atom stereocenters. The van der Waals surface area contributed by atoms with Gasteiger partial charge in [0, 0.05) is 29.9 Å². The van der Waals surface area contributed by atoms with Crippen molar-refractivity contribution in [1.82, 2.24) is 15.3 Å².